The number of ether oxygens (including phenoxy) is 1. The highest BCUT2D eigenvalue weighted by Gasteiger charge is 2.25. The molecule has 196 valence electrons. The van der Waals surface area contributed by atoms with E-state index >= 15 is 0 Å². The molecule has 2 unspecified atom stereocenters. The van der Waals surface area contributed by atoms with Crippen molar-refractivity contribution in [1.29, 1.82) is 0 Å². The summed E-state index contributed by atoms with van der Waals surface area (Å²) in [7, 11) is 0. The Morgan fingerprint density at radius 3 is 2.65 bits per heavy atom. The van der Waals surface area contributed by atoms with Gasteiger partial charge in [-0.2, -0.15) is 5.10 Å². The van der Waals surface area contributed by atoms with Gasteiger partial charge in [0.05, 0.1) is 11.8 Å². The Labute approximate surface area is 219 Å². The third-order valence-corrected chi connectivity index (χ3v) is 7.82. The van der Waals surface area contributed by atoms with Crippen molar-refractivity contribution in [2.75, 3.05) is 13.2 Å². The molecule has 7 nitrogen and oxygen atoms in total. The van der Waals surface area contributed by atoms with Crippen molar-refractivity contribution in [1.82, 2.24) is 19.5 Å². The summed E-state index contributed by atoms with van der Waals surface area (Å²) < 4.78 is 7.48. The quantitative estimate of drug-likeness (QED) is 0.410. The van der Waals surface area contributed by atoms with Crippen LogP contribution in [-0.2, 0) is 22.4 Å². The molecule has 0 N–H and O–H groups in total. The first kappa shape index (κ1) is 25.6. The van der Waals surface area contributed by atoms with E-state index in [9.17, 15) is 9.59 Å². The zero-order chi connectivity index (χ0) is 25.8. The number of hydrogen-bond acceptors (Lipinski definition) is 5. The number of hydrogen-bond donors (Lipinski definition) is 0. The second-order valence-electron chi connectivity index (χ2n) is 10.6. The summed E-state index contributed by atoms with van der Waals surface area (Å²) in [6.07, 6.45) is 9.47. The maximum atomic E-state index is 13.4. The molecule has 0 aliphatic carbocycles. The van der Waals surface area contributed by atoms with Crippen LogP contribution in [-0.4, -0.2) is 56.5 Å². The highest BCUT2D eigenvalue weighted by molar-refractivity contribution is 5.93. The van der Waals surface area contributed by atoms with E-state index in [2.05, 4.69) is 13.8 Å². The van der Waals surface area contributed by atoms with Gasteiger partial charge in [-0.25, -0.2) is 9.50 Å². The van der Waals surface area contributed by atoms with Gasteiger partial charge in [-0.15, -0.1) is 0 Å². The van der Waals surface area contributed by atoms with Gasteiger partial charge in [-0.3, -0.25) is 9.59 Å². The van der Waals surface area contributed by atoms with Crippen molar-refractivity contribution in [3.63, 3.8) is 0 Å². The highest BCUT2D eigenvalue weighted by Crippen LogP contribution is 2.24. The summed E-state index contributed by atoms with van der Waals surface area (Å²) in [5, 5.41) is 4.81. The first-order valence-electron chi connectivity index (χ1n) is 13.9. The van der Waals surface area contributed by atoms with Crippen LogP contribution in [0.15, 0.2) is 36.4 Å². The molecule has 0 radical (unpaired) electrons. The van der Waals surface area contributed by atoms with E-state index < -0.39 is 0 Å². The van der Waals surface area contributed by atoms with Crippen LogP contribution in [0.25, 0.3) is 16.9 Å². The topological polar surface area (TPSA) is 76.8 Å². The maximum absolute atomic E-state index is 13.4. The number of amides is 1. The van der Waals surface area contributed by atoms with E-state index in [1.54, 1.807) is 0 Å². The van der Waals surface area contributed by atoms with E-state index in [0.717, 1.165) is 74.2 Å². The Bertz CT molecular complexity index is 1240. The van der Waals surface area contributed by atoms with Crippen molar-refractivity contribution in [2.24, 2.45) is 0 Å². The van der Waals surface area contributed by atoms with Crippen molar-refractivity contribution < 1.29 is 14.3 Å². The third kappa shape index (κ3) is 5.93. The molecule has 1 aromatic carbocycles. The second kappa shape index (κ2) is 11.5. The summed E-state index contributed by atoms with van der Waals surface area (Å²) in [5.74, 6) is 0.270. The number of Topliss-reactive ketones (excluding diaryl/α,β-unsaturated/α-hetero) is 1. The molecule has 7 heteroatoms. The molecule has 3 aromatic rings. The number of nitrogens with zero attached hydrogens (tertiary/aromatic N) is 4. The largest absolute Gasteiger partial charge is 0.378 e. The highest BCUT2D eigenvalue weighted by atomic mass is 16.5. The average molecular weight is 503 g/mol. The number of fused-ring (bicyclic) bond motifs is 1. The minimum Gasteiger partial charge on any atom is -0.378 e. The Balaban J connectivity index is 1.31. The van der Waals surface area contributed by atoms with Crippen LogP contribution < -0.4 is 0 Å². The van der Waals surface area contributed by atoms with Crippen LogP contribution in [0.4, 0.5) is 0 Å². The molecule has 2 aromatic heterocycles. The van der Waals surface area contributed by atoms with Gasteiger partial charge in [-0.1, -0.05) is 44.0 Å². The van der Waals surface area contributed by atoms with Crippen molar-refractivity contribution in [3.8, 4) is 11.3 Å². The smallest absolute Gasteiger partial charge is 0.272 e. The van der Waals surface area contributed by atoms with Crippen LogP contribution in [0.2, 0.25) is 0 Å². The van der Waals surface area contributed by atoms with E-state index in [0.29, 0.717) is 24.2 Å². The zero-order valence-electron chi connectivity index (χ0n) is 22.1. The molecule has 0 spiro atoms. The lowest BCUT2D eigenvalue weighted by atomic mass is 10.0. The molecule has 5 rings (SSSR count). The van der Waals surface area contributed by atoms with Gasteiger partial charge in [0.1, 0.15) is 11.5 Å². The SMILES string of the molecule is CCc1cc(C(=O)N2CCCCCC2C)nc2cc(-c3ccc(CC(=O)CCC4CCCO4)cc3)nn12. The van der Waals surface area contributed by atoms with Gasteiger partial charge >= 0.3 is 0 Å². The van der Waals surface area contributed by atoms with E-state index in [4.69, 9.17) is 14.8 Å². The fourth-order valence-corrected chi connectivity index (χ4v) is 5.57. The summed E-state index contributed by atoms with van der Waals surface area (Å²) in [6, 6.07) is 12.1. The summed E-state index contributed by atoms with van der Waals surface area (Å²) in [5.41, 5.74) is 4.95. The summed E-state index contributed by atoms with van der Waals surface area (Å²) in [4.78, 5) is 32.6. The molecule has 2 aliphatic rings. The first-order valence-corrected chi connectivity index (χ1v) is 13.9. The molecule has 37 heavy (non-hydrogen) atoms. The Morgan fingerprint density at radius 1 is 1.05 bits per heavy atom. The number of rotatable bonds is 8. The maximum Gasteiger partial charge on any atom is 0.272 e. The minimum absolute atomic E-state index is 0.0165. The number of aromatic nitrogens is 3. The van der Waals surface area contributed by atoms with Gasteiger partial charge in [0.15, 0.2) is 5.65 Å². The number of benzene rings is 1. The fraction of sp³-hybridized carbons (Fsp3) is 0.533. The van der Waals surface area contributed by atoms with Crippen molar-refractivity contribution in [2.45, 2.75) is 90.2 Å². The van der Waals surface area contributed by atoms with Gasteiger partial charge in [0, 0.05) is 49.4 Å². The summed E-state index contributed by atoms with van der Waals surface area (Å²) >= 11 is 0. The number of likely N-dealkylation sites (tertiary alicyclic amines) is 1. The molecule has 2 saturated heterocycles. The number of carbonyl (C=O) groups is 2. The molecule has 4 heterocycles. The predicted molar refractivity (Wildman–Crippen MR) is 144 cm³/mol. The average Bonchev–Trinajstić information content (AvgIpc) is 3.54. The van der Waals surface area contributed by atoms with Gasteiger partial charge in [0.2, 0.25) is 0 Å². The number of aryl methyl sites for hydroxylation is 1. The second-order valence-corrected chi connectivity index (χ2v) is 10.6. The van der Waals surface area contributed by atoms with Crippen LogP contribution in [0.1, 0.15) is 87.0 Å². The minimum atomic E-state index is 0.0165. The van der Waals surface area contributed by atoms with Crippen molar-refractivity contribution in [3.05, 3.63) is 53.3 Å². The first-order chi connectivity index (χ1) is 18.0. The molecule has 2 aliphatic heterocycles. The molecule has 0 bridgehead atoms. The van der Waals surface area contributed by atoms with E-state index in [1.165, 1.54) is 12.8 Å². The Kier molecular flexibility index (Phi) is 7.99. The monoisotopic (exact) mass is 502 g/mol. The lowest BCUT2D eigenvalue weighted by Crippen LogP contribution is -2.38. The molecule has 2 atom stereocenters. The zero-order valence-corrected chi connectivity index (χ0v) is 22.1. The summed E-state index contributed by atoms with van der Waals surface area (Å²) in [6.45, 7) is 5.83. The van der Waals surface area contributed by atoms with Crippen LogP contribution in [0, 0.1) is 0 Å². The molecule has 1 amide bonds. The van der Waals surface area contributed by atoms with Crippen LogP contribution in [0.3, 0.4) is 0 Å². The predicted octanol–water partition coefficient (Wildman–Crippen LogP) is 5.43. The van der Waals surface area contributed by atoms with E-state index in [1.807, 2.05) is 45.8 Å². The third-order valence-electron chi connectivity index (χ3n) is 7.82. The molecule has 0 saturated carbocycles. The van der Waals surface area contributed by atoms with Gasteiger partial charge in [-0.05, 0) is 57.1 Å². The Hall–Kier alpha value is -3.06. The standard InChI is InChI=1S/C30H38N4O3/c1-3-24-19-28(30(36)33-16-6-4-5-8-21(33)2)31-29-20-27(32-34(24)29)23-12-10-22(11-13-23)18-25(35)14-15-26-9-7-17-37-26/h10-13,19-21,26H,3-9,14-18H2,1-2H3. The fourth-order valence-electron chi connectivity index (χ4n) is 5.57. The van der Waals surface area contributed by atoms with Crippen LogP contribution >= 0.6 is 0 Å². The Morgan fingerprint density at radius 2 is 1.89 bits per heavy atom. The number of carbonyl (C=O) groups excluding carboxylic acids is 2. The normalized spacial score (nSPS) is 20.3. The number of ketones is 1. The van der Waals surface area contributed by atoms with Gasteiger partial charge < -0.3 is 9.64 Å². The van der Waals surface area contributed by atoms with Crippen LogP contribution in [0.5, 0.6) is 0 Å². The van der Waals surface area contributed by atoms with Gasteiger partial charge in [0.25, 0.3) is 5.91 Å². The molecular formula is C30H38N4O3. The van der Waals surface area contributed by atoms with Crippen molar-refractivity contribution >= 4 is 17.3 Å². The lowest BCUT2D eigenvalue weighted by Gasteiger charge is -2.27. The molecule has 2 fully saturated rings. The van der Waals surface area contributed by atoms with E-state index in [-0.39, 0.29) is 23.8 Å². The lowest BCUT2D eigenvalue weighted by molar-refractivity contribution is -0.119. The molecular weight excluding hydrogens is 464 g/mol.